The number of benzene rings is 2. The highest BCUT2D eigenvalue weighted by Gasteiger charge is 2.11. The van der Waals surface area contributed by atoms with E-state index >= 15 is 0 Å². The Kier molecular flexibility index (Phi) is 9.85. The molecule has 1 heterocycles. The zero-order chi connectivity index (χ0) is 22.6. The molecule has 6 nitrogen and oxygen atoms in total. The van der Waals surface area contributed by atoms with Crippen molar-refractivity contribution in [2.75, 3.05) is 40.5 Å². The molecule has 1 aliphatic heterocycles. The molecule has 0 atom stereocenters. The molecule has 0 bridgehead atoms. The third-order valence-electron chi connectivity index (χ3n) is 5.73. The van der Waals surface area contributed by atoms with E-state index in [1.54, 1.807) is 14.2 Å². The maximum Gasteiger partial charge on any atom is 0.191 e. The Hall–Kier alpha value is -2.57. The van der Waals surface area contributed by atoms with Gasteiger partial charge >= 0.3 is 0 Å². The number of methoxy groups -OCH3 is 1. The first kappa shape index (κ1) is 24.1. The first-order valence-electron chi connectivity index (χ1n) is 11.6. The Balaban J connectivity index is 1.47. The summed E-state index contributed by atoms with van der Waals surface area (Å²) in [6.45, 7) is 8.32. The molecule has 0 saturated carbocycles. The van der Waals surface area contributed by atoms with Crippen molar-refractivity contribution in [2.24, 2.45) is 4.99 Å². The van der Waals surface area contributed by atoms with Crippen LogP contribution in [0.2, 0.25) is 0 Å². The predicted molar refractivity (Wildman–Crippen MR) is 131 cm³/mol. The van der Waals surface area contributed by atoms with Crippen molar-refractivity contribution in [1.82, 2.24) is 15.5 Å². The topological polar surface area (TPSA) is 58.1 Å². The number of likely N-dealkylation sites (tertiary alicyclic amines) is 1. The Morgan fingerprint density at radius 1 is 0.969 bits per heavy atom. The molecule has 0 spiro atoms. The van der Waals surface area contributed by atoms with Crippen molar-refractivity contribution < 1.29 is 9.47 Å². The number of aliphatic imine (C=N–C) groups is 1. The van der Waals surface area contributed by atoms with Gasteiger partial charge < -0.3 is 20.1 Å². The van der Waals surface area contributed by atoms with Gasteiger partial charge in [-0.25, -0.2) is 0 Å². The zero-order valence-electron chi connectivity index (χ0n) is 19.8. The lowest BCUT2D eigenvalue weighted by atomic mass is 10.1. The lowest BCUT2D eigenvalue weighted by Gasteiger charge is -2.16. The highest BCUT2D eigenvalue weighted by atomic mass is 16.5. The number of hydrogen-bond acceptors (Lipinski definition) is 4. The molecule has 32 heavy (non-hydrogen) atoms. The molecular formula is C26H38N4O2. The maximum absolute atomic E-state index is 5.99. The van der Waals surface area contributed by atoms with Crippen LogP contribution >= 0.6 is 0 Å². The minimum atomic E-state index is 0.644. The predicted octanol–water partition coefficient (Wildman–Crippen LogP) is 3.87. The van der Waals surface area contributed by atoms with Gasteiger partial charge in [-0.3, -0.25) is 9.89 Å². The van der Waals surface area contributed by atoms with Crippen molar-refractivity contribution in [1.29, 1.82) is 0 Å². The lowest BCUT2D eigenvalue weighted by molar-refractivity contribution is 0.171. The van der Waals surface area contributed by atoms with E-state index in [0.717, 1.165) is 36.8 Å². The molecule has 0 unspecified atom stereocenters. The van der Waals surface area contributed by atoms with Gasteiger partial charge in [0.25, 0.3) is 0 Å². The molecule has 0 amide bonds. The van der Waals surface area contributed by atoms with Gasteiger partial charge in [0.2, 0.25) is 0 Å². The highest BCUT2D eigenvalue weighted by molar-refractivity contribution is 5.79. The molecular weight excluding hydrogens is 400 g/mol. The van der Waals surface area contributed by atoms with E-state index in [2.05, 4.69) is 69.9 Å². The van der Waals surface area contributed by atoms with E-state index in [9.17, 15) is 0 Å². The smallest absolute Gasteiger partial charge is 0.191 e. The first-order valence-corrected chi connectivity index (χ1v) is 11.6. The third kappa shape index (κ3) is 7.84. The fourth-order valence-corrected chi connectivity index (χ4v) is 3.87. The Morgan fingerprint density at radius 3 is 2.41 bits per heavy atom. The van der Waals surface area contributed by atoms with Crippen LogP contribution < -0.4 is 15.4 Å². The Morgan fingerprint density at radius 2 is 1.69 bits per heavy atom. The minimum absolute atomic E-state index is 0.644. The van der Waals surface area contributed by atoms with Crippen LogP contribution in [0.4, 0.5) is 0 Å². The second-order valence-corrected chi connectivity index (χ2v) is 8.39. The molecule has 0 aromatic heterocycles. The van der Waals surface area contributed by atoms with Crippen LogP contribution in [-0.4, -0.2) is 51.3 Å². The number of rotatable bonds is 11. The van der Waals surface area contributed by atoms with E-state index in [0.29, 0.717) is 19.8 Å². The number of aryl methyl sites for hydroxylation is 1. The summed E-state index contributed by atoms with van der Waals surface area (Å²) >= 11 is 0. The van der Waals surface area contributed by atoms with E-state index < -0.39 is 0 Å². The standard InChI is InChI=1S/C26H38N4O2/c1-21-7-12-24(25(17-21)32-16-6-15-31-3)19-29-26(27-2)28-18-22-8-10-23(11-9-22)20-30-13-4-5-14-30/h7-12,17H,4-6,13-16,18-20H2,1-3H3,(H2,27,28,29). The molecule has 0 radical (unpaired) electrons. The minimum Gasteiger partial charge on any atom is -0.493 e. The van der Waals surface area contributed by atoms with E-state index in [1.165, 1.54) is 42.6 Å². The summed E-state index contributed by atoms with van der Waals surface area (Å²) in [5.74, 6) is 1.69. The molecule has 1 fully saturated rings. The average molecular weight is 439 g/mol. The molecule has 3 rings (SSSR count). The van der Waals surface area contributed by atoms with Gasteiger partial charge in [0.1, 0.15) is 5.75 Å². The Bertz CT molecular complexity index is 845. The van der Waals surface area contributed by atoms with Crippen LogP contribution in [0.5, 0.6) is 5.75 Å². The molecule has 174 valence electrons. The fourth-order valence-electron chi connectivity index (χ4n) is 3.87. The quantitative estimate of drug-likeness (QED) is 0.317. The van der Waals surface area contributed by atoms with Gasteiger partial charge in [0.05, 0.1) is 6.61 Å². The normalized spacial score (nSPS) is 14.5. The number of ether oxygens (including phenoxy) is 2. The number of nitrogens with one attached hydrogen (secondary N) is 2. The second kappa shape index (κ2) is 13.1. The molecule has 2 N–H and O–H groups in total. The van der Waals surface area contributed by atoms with Gasteiger partial charge in [-0.1, -0.05) is 36.4 Å². The summed E-state index contributed by atoms with van der Waals surface area (Å²) in [6.07, 6.45) is 3.54. The number of hydrogen-bond donors (Lipinski definition) is 2. The summed E-state index contributed by atoms with van der Waals surface area (Å²) in [5.41, 5.74) is 4.93. The molecule has 1 saturated heterocycles. The zero-order valence-corrected chi connectivity index (χ0v) is 19.8. The maximum atomic E-state index is 5.99. The van der Waals surface area contributed by atoms with Gasteiger partial charge in [-0.05, 0) is 55.6 Å². The molecule has 2 aromatic rings. The van der Waals surface area contributed by atoms with E-state index in [1.807, 2.05) is 0 Å². The van der Waals surface area contributed by atoms with Gasteiger partial charge in [-0.15, -0.1) is 0 Å². The summed E-state index contributed by atoms with van der Waals surface area (Å²) < 4.78 is 11.1. The van der Waals surface area contributed by atoms with Crippen LogP contribution in [0, 0.1) is 6.92 Å². The van der Waals surface area contributed by atoms with Crippen molar-refractivity contribution in [3.05, 3.63) is 64.7 Å². The van der Waals surface area contributed by atoms with E-state index in [4.69, 9.17) is 9.47 Å². The number of guanidine groups is 1. The third-order valence-corrected chi connectivity index (χ3v) is 5.73. The largest absolute Gasteiger partial charge is 0.493 e. The van der Waals surface area contributed by atoms with Crippen LogP contribution in [0.1, 0.15) is 41.5 Å². The van der Waals surface area contributed by atoms with Gasteiger partial charge in [-0.2, -0.15) is 0 Å². The molecule has 6 heteroatoms. The van der Waals surface area contributed by atoms with Crippen LogP contribution in [0.15, 0.2) is 47.5 Å². The fraction of sp³-hybridized carbons (Fsp3) is 0.500. The summed E-state index contributed by atoms with van der Waals surface area (Å²) in [4.78, 5) is 6.90. The number of nitrogens with zero attached hydrogens (tertiary/aromatic N) is 2. The van der Waals surface area contributed by atoms with Gasteiger partial charge in [0, 0.05) is 52.4 Å². The monoisotopic (exact) mass is 438 g/mol. The van der Waals surface area contributed by atoms with Crippen LogP contribution in [0.3, 0.4) is 0 Å². The summed E-state index contributed by atoms with van der Waals surface area (Å²) in [7, 11) is 3.51. The highest BCUT2D eigenvalue weighted by Crippen LogP contribution is 2.20. The Labute approximate surface area is 193 Å². The van der Waals surface area contributed by atoms with Crippen molar-refractivity contribution in [3.8, 4) is 5.75 Å². The SMILES string of the molecule is CN=C(NCc1ccc(CN2CCCC2)cc1)NCc1ccc(C)cc1OCCCOC. The first-order chi connectivity index (χ1) is 15.7. The van der Waals surface area contributed by atoms with Crippen LogP contribution in [0.25, 0.3) is 0 Å². The summed E-state index contributed by atoms with van der Waals surface area (Å²) in [6, 6.07) is 15.2. The van der Waals surface area contributed by atoms with Crippen LogP contribution in [-0.2, 0) is 24.4 Å². The summed E-state index contributed by atoms with van der Waals surface area (Å²) in [5, 5.41) is 6.81. The second-order valence-electron chi connectivity index (χ2n) is 8.39. The van der Waals surface area contributed by atoms with Gasteiger partial charge in [0.15, 0.2) is 5.96 Å². The van der Waals surface area contributed by atoms with Crippen molar-refractivity contribution in [2.45, 2.75) is 45.8 Å². The van der Waals surface area contributed by atoms with E-state index in [-0.39, 0.29) is 0 Å². The van der Waals surface area contributed by atoms with Crippen molar-refractivity contribution in [3.63, 3.8) is 0 Å². The van der Waals surface area contributed by atoms with Crippen molar-refractivity contribution >= 4 is 5.96 Å². The lowest BCUT2D eigenvalue weighted by Crippen LogP contribution is -2.36. The molecule has 1 aliphatic rings. The molecule has 2 aromatic carbocycles. The molecule has 0 aliphatic carbocycles. The average Bonchev–Trinajstić information content (AvgIpc) is 3.32.